The van der Waals surface area contributed by atoms with E-state index in [9.17, 15) is 4.79 Å². The van der Waals surface area contributed by atoms with Gasteiger partial charge in [0, 0.05) is 6.04 Å². The van der Waals surface area contributed by atoms with Crippen molar-refractivity contribution in [2.24, 2.45) is 0 Å². The number of carbonyl (C=O) groups is 1. The van der Waals surface area contributed by atoms with Crippen LogP contribution in [0, 0.1) is 0 Å². The van der Waals surface area contributed by atoms with Gasteiger partial charge in [0.25, 0.3) is 5.91 Å². The van der Waals surface area contributed by atoms with Gasteiger partial charge < -0.3 is 5.32 Å². The first-order chi connectivity index (χ1) is 8.31. The first-order valence-electron chi connectivity index (χ1n) is 5.99. The third kappa shape index (κ3) is 2.76. The average Bonchev–Trinajstić information content (AvgIpc) is 2.92. The fraction of sp³-hybridized carbons (Fsp3) is 0.636. The predicted octanol–water partition coefficient (Wildman–Crippen LogP) is 1.93. The van der Waals surface area contributed by atoms with E-state index in [2.05, 4.69) is 15.8 Å². The number of rotatable bonds is 5. The number of nitrogens with zero attached hydrogens (tertiary/aromatic N) is 1. The molecule has 1 heterocycles. The van der Waals surface area contributed by atoms with Gasteiger partial charge in [-0.15, -0.1) is 0 Å². The fourth-order valence-corrected chi connectivity index (χ4v) is 2.30. The molecule has 6 heteroatoms. The molecule has 1 amide bonds. The van der Waals surface area contributed by atoms with Crippen LogP contribution in [0.1, 0.15) is 41.8 Å². The lowest BCUT2D eigenvalue weighted by atomic mass is 9.97. The highest BCUT2D eigenvalue weighted by atomic mass is 32.1. The number of amides is 1. The molecular weight excluding hydrogens is 238 g/mol. The van der Waals surface area contributed by atoms with Crippen molar-refractivity contribution < 1.29 is 9.63 Å². The highest BCUT2D eigenvalue weighted by Gasteiger charge is 2.23. The Labute approximate surface area is 104 Å². The number of anilines is 1. The van der Waals surface area contributed by atoms with E-state index < -0.39 is 0 Å². The van der Waals surface area contributed by atoms with Gasteiger partial charge in [-0.3, -0.25) is 9.63 Å². The van der Waals surface area contributed by atoms with Crippen LogP contribution in [0.25, 0.3) is 0 Å². The molecule has 92 valence electrons. The Morgan fingerprint density at radius 3 is 2.88 bits per heavy atom. The largest absolute Gasteiger partial charge is 0.359 e. The Morgan fingerprint density at radius 2 is 2.24 bits per heavy atom. The number of hydrogen-bond donors (Lipinski definition) is 2. The minimum Gasteiger partial charge on any atom is -0.359 e. The minimum atomic E-state index is -0.196. The topological polar surface area (TPSA) is 63.2 Å². The van der Waals surface area contributed by atoms with E-state index in [0.29, 0.717) is 10.9 Å². The highest BCUT2D eigenvalue weighted by Crippen LogP contribution is 2.27. The van der Waals surface area contributed by atoms with Crippen molar-refractivity contribution in [3.8, 4) is 0 Å². The van der Waals surface area contributed by atoms with Crippen LogP contribution in [0.5, 0.6) is 0 Å². The third-order valence-corrected chi connectivity index (χ3v) is 3.93. The van der Waals surface area contributed by atoms with Crippen LogP contribution in [-0.4, -0.2) is 23.0 Å². The lowest BCUT2D eigenvalue weighted by Crippen LogP contribution is -2.32. The summed E-state index contributed by atoms with van der Waals surface area (Å²) in [5.74, 6) is -0.196. The summed E-state index contributed by atoms with van der Waals surface area (Å²) in [5.41, 5.74) is 2.49. The molecule has 5 nitrogen and oxygen atoms in total. The van der Waals surface area contributed by atoms with Crippen molar-refractivity contribution in [2.75, 3.05) is 5.32 Å². The second kappa shape index (κ2) is 4.62. The summed E-state index contributed by atoms with van der Waals surface area (Å²) >= 11 is 1.37. The SMILES string of the molecule is O=C(NOC1CCC1)c1cnc(NC2CC2)s1. The van der Waals surface area contributed by atoms with Crippen molar-refractivity contribution in [3.63, 3.8) is 0 Å². The summed E-state index contributed by atoms with van der Waals surface area (Å²) in [6, 6.07) is 0.559. The summed E-state index contributed by atoms with van der Waals surface area (Å²) in [6.07, 6.45) is 7.47. The Morgan fingerprint density at radius 1 is 1.41 bits per heavy atom. The van der Waals surface area contributed by atoms with E-state index in [4.69, 9.17) is 4.84 Å². The molecule has 3 rings (SSSR count). The Bertz CT molecular complexity index is 413. The molecule has 1 aromatic heterocycles. The van der Waals surface area contributed by atoms with Gasteiger partial charge in [-0.25, -0.2) is 10.5 Å². The van der Waals surface area contributed by atoms with E-state index in [0.717, 1.165) is 18.0 Å². The third-order valence-electron chi connectivity index (χ3n) is 3.00. The van der Waals surface area contributed by atoms with Crippen LogP contribution in [0.15, 0.2) is 6.20 Å². The Hall–Kier alpha value is -1.14. The molecule has 0 unspecified atom stereocenters. The van der Waals surface area contributed by atoms with Crippen LogP contribution in [0.4, 0.5) is 5.13 Å². The maximum atomic E-state index is 11.7. The summed E-state index contributed by atoms with van der Waals surface area (Å²) in [4.78, 5) is 21.7. The standard InChI is InChI=1S/C11H15N3O2S/c15-10(14-16-8-2-1-3-8)9-6-12-11(17-9)13-7-4-5-7/h6-8H,1-5H2,(H,12,13)(H,14,15). The molecule has 0 radical (unpaired) electrons. The molecule has 2 N–H and O–H groups in total. The number of nitrogens with one attached hydrogen (secondary N) is 2. The van der Waals surface area contributed by atoms with Gasteiger partial charge in [0.1, 0.15) is 4.88 Å². The van der Waals surface area contributed by atoms with Crippen LogP contribution in [-0.2, 0) is 4.84 Å². The number of hydrogen-bond acceptors (Lipinski definition) is 5. The van der Waals surface area contributed by atoms with E-state index in [1.807, 2.05) is 0 Å². The molecular formula is C11H15N3O2S. The van der Waals surface area contributed by atoms with Crippen LogP contribution < -0.4 is 10.8 Å². The summed E-state index contributed by atoms with van der Waals surface area (Å²) < 4.78 is 0. The van der Waals surface area contributed by atoms with Crippen LogP contribution in [0.3, 0.4) is 0 Å². The zero-order chi connectivity index (χ0) is 11.7. The second-order valence-corrected chi connectivity index (χ2v) is 5.58. The quantitative estimate of drug-likeness (QED) is 0.787. The summed E-state index contributed by atoms with van der Waals surface area (Å²) in [6.45, 7) is 0. The van der Waals surface area contributed by atoms with Gasteiger partial charge in [0.05, 0.1) is 12.3 Å². The second-order valence-electron chi connectivity index (χ2n) is 4.55. The molecule has 2 aliphatic rings. The molecule has 0 aromatic carbocycles. The first-order valence-corrected chi connectivity index (χ1v) is 6.81. The molecule has 0 bridgehead atoms. The van der Waals surface area contributed by atoms with Crippen molar-refractivity contribution in [3.05, 3.63) is 11.1 Å². The van der Waals surface area contributed by atoms with E-state index in [1.54, 1.807) is 6.20 Å². The highest BCUT2D eigenvalue weighted by molar-refractivity contribution is 7.17. The molecule has 0 saturated heterocycles. The number of thiazole rings is 1. The van der Waals surface area contributed by atoms with Crippen molar-refractivity contribution >= 4 is 22.4 Å². The zero-order valence-corrected chi connectivity index (χ0v) is 10.3. The summed E-state index contributed by atoms with van der Waals surface area (Å²) in [5, 5.41) is 4.09. The lowest BCUT2D eigenvalue weighted by molar-refractivity contribution is -0.0506. The zero-order valence-electron chi connectivity index (χ0n) is 9.44. The maximum Gasteiger partial charge on any atom is 0.286 e. The van der Waals surface area contributed by atoms with E-state index in [1.165, 1.54) is 30.6 Å². The lowest BCUT2D eigenvalue weighted by Gasteiger charge is -2.24. The molecule has 2 saturated carbocycles. The predicted molar refractivity (Wildman–Crippen MR) is 64.9 cm³/mol. The smallest absolute Gasteiger partial charge is 0.286 e. The van der Waals surface area contributed by atoms with Gasteiger partial charge in [-0.05, 0) is 32.1 Å². The normalized spacial score (nSPS) is 19.8. The number of carbonyl (C=O) groups excluding carboxylic acids is 1. The van der Waals surface area contributed by atoms with Gasteiger partial charge in [-0.1, -0.05) is 11.3 Å². The number of hydroxylamine groups is 1. The molecule has 0 atom stereocenters. The maximum absolute atomic E-state index is 11.7. The molecule has 2 aliphatic carbocycles. The Balaban J connectivity index is 1.50. The molecule has 17 heavy (non-hydrogen) atoms. The van der Waals surface area contributed by atoms with Crippen LogP contribution in [0.2, 0.25) is 0 Å². The van der Waals surface area contributed by atoms with E-state index in [-0.39, 0.29) is 12.0 Å². The first kappa shape index (κ1) is 11.0. The minimum absolute atomic E-state index is 0.196. The Kier molecular flexibility index (Phi) is 2.98. The van der Waals surface area contributed by atoms with Crippen molar-refractivity contribution in [1.29, 1.82) is 0 Å². The van der Waals surface area contributed by atoms with Crippen molar-refractivity contribution in [1.82, 2.24) is 10.5 Å². The van der Waals surface area contributed by atoms with E-state index >= 15 is 0 Å². The molecule has 0 spiro atoms. The molecule has 1 aromatic rings. The van der Waals surface area contributed by atoms with Gasteiger partial charge in [-0.2, -0.15) is 0 Å². The number of aromatic nitrogens is 1. The molecule has 0 aliphatic heterocycles. The fourth-order valence-electron chi connectivity index (χ4n) is 1.52. The van der Waals surface area contributed by atoms with Gasteiger partial charge in [0.15, 0.2) is 5.13 Å². The summed E-state index contributed by atoms with van der Waals surface area (Å²) in [7, 11) is 0. The average molecular weight is 253 g/mol. The van der Waals surface area contributed by atoms with Gasteiger partial charge >= 0.3 is 0 Å². The molecule has 2 fully saturated rings. The monoisotopic (exact) mass is 253 g/mol. The van der Waals surface area contributed by atoms with Gasteiger partial charge in [0.2, 0.25) is 0 Å². The van der Waals surface area contributed by atoms with Crippen LogP contribution >= 0.6 is 11.3 Å². The van der Waals surface area contributed by atoms with Crippen molar-refractivity contribution in [2.45, 2.75) is 44.2 Å².